The Morgan fingerprint density at radius 3 is 2.92 bits per heavy atom. The second-order valence-electron chi connectivity index (χ2n) is 4.05. The first-order chi connectivity index (χ1) is 5.72. The summed E-state index contributed by atoms with van der Waals surface area (Å²) in [6.45, 7) is 2.75. The van der Waals surface area contributed by atoms with Gasteiger partial charge in [0.1, 0.15) is 6.29 Å². The lowest BCUT2D eigenvalue weighted by Gasteiger charge is -2.25. The molecule has 0 saturated heterocycles. The highest BCUT2D eigenvalue weighted by atomic mass is 16.5. The molecule has 70 valence electrons. The molecule has 0 radical (unpaired) electrons. The molecule has 0 heterocycles. The first-order valence-corrected chi connectivity index (χ1v) is 4.53. The highest BCUT2D eigenvalue weighted by Crippen LogP contribution is 2.43. The summed E-state index contributed by atoms with van der Waals surface area (Å²) in [6.07, 6.45) is 4.83. The maximum absolute atomic E-state index is 10.4. The number of rotatable bonds is 4. The third-order valence-corrected chi connectivity index (χ3v) is 2.92. The summed E-state index contributed by atoms with van der Waals surface area (Å²) in [7, 11) is 0. The fraction of sp³-hybridized carbons (Fsp3) is 0.889. The Balaban J connectivity index is 2.53. The number of hydrogen-bond acceptors (Lipinski definition) is 3. The van der Waals surface area contributed by atoms with Gasteiger partial charge in [-0.15, -0.1) is 0 Å². The minimum Gasteiger partial charge on any atom is -0.317 e. The number of hydroxylamine groups is 1. The monoisotopic (exact) mass is 171 g/mol. The second-order valence-corrected chi connectivity index (χ2v) is 4.05. The van der Waals surface area contributed by atoms with Gasteiger partial charge in [-0.3, -0.25) is 0 Å². The molecule has 0 aliphatic heterocycles. The molecule has 3 heteroatoms. The predicted octanol–water partition coefficient (Wildman–Crippen LogP) is 1.36. The zero-order chi connectivity index (χ0) is 9.03. The maximum Gasteiger partial charge on any atom is 0.120 e. The van der Waals surface area contributed by atoms with Crippen LogP contribution >= 0.6 is 0 Å². The third kappa shape index (κ3) is 2.05. The predicted molar refractivity (Wildman–Crippen MR) is 45.9 cm³/mol. The molecule has 0 aromatic carbocycles. The first kappa shape index (κ1) is 9.68. The van der Waals surface area contributed by atoms with Gasteiger partial charge in [0.05, 0.1) is 0 Å². The van der Waals surface area contributed by atoms with Crippen molar-refractivity contribution >= 4 is 6.29 Å². The lowest BCUT2D eigenvalue weighted by molar-refractivity contribution is -0.110. The van der Waals surface area contributed by atoms with E-state index in [1.54, 1.807) is 0 Å². The van der Waals surface area contributed by atoms with Gasteiger partial charge < -0.3 is 10.0 Å². The minimum atomic E-state index is 0.0376. The number of carbonyl (C=O) groups excluding carboxylic acids is 1. The molecular weight excluding hydrogens is 154 g/mol. The average molecular weight is 171 g/mol. The van der Waals surface area contributed by atoms with Crippen molar-refractivity contribution < 1.29 is 10.0 Å². The molecule has 3 nitrogen and oxygen atoms in total. The van der Waals surface area contributed by atoms with Gasteiger partial charge in [-0.2, -0.15) is 0 Å². The normalized spacial score (nSPS) is 35.3. The van der Waals surface area contributed by atoms with Crippen LogP contribution in [0.15, 0.2) is 0 Å². The van der Waals surface area contributed by atoms with Gasteiger partial charge >= 0.3 is 0 Å². The van der Waals surface area contributed by atoms with Crippen molar-refractivity contribution in [3.05, 3.63) is 0 Å². The Labute approximate surface area is 73.1 Å². The molecule has 2 atom stereocenters. The molecule has 1 aliphatic rings. The lowest BCUT2D eigenvalue weighted by Crippen LogP contribution is -2.31. The molecule has 1 saturated carbocycles. The number of hydrogen-bond donors (Lipinski definition) is 2. The first-order valence-electron chi connectivity index (χ1n) is 4.53. The SMILES string of the molecule is C[C@H]1CC[C@](CC=O)(CNO)C1. The van der Waals surface area contributed by atoms with Crippen LogP contribution in [0.25, 0.3) is 0 Å². The van der Waals surface area contributed by atoms with Gasteiger partial charge in [0.15, 0.2) is 0 Å². The highest BCUT2D eigenvalue weighted by molar-refractivity contribution is 5.51. The molecule has 1 rings (SSSR count). The molecule has 2 N–H and O–H groups in total. The van der Waals surface area contributed by atoms with Gasteiger partial charge in [0.2, 0.25) is 0 Å². The maximum atomic E-state index is 10.4. The Kier molecular flexibility index (Phi) is 3.23. The quantitative estimate of drug-likeness (QED) is 0.496. The van der Waals surface area contributed by atoms with E-state index < -0.39 is 0 Å². The Bertz CT molecular complexity index is 157. The van der Waals surface area contributed by atoms with E-state index in [2.05, 4.69) is 12.4 Å². The van der Waals surface area contributed by atoms with E-state index in [0.29, 0.717) is 18.9 Å². The van der Waals surface area contributed by atoms with Crippen LogP contribution in [0, 0.1) is 11.3 Å². The third-order valence-electron chi connectivity index (χ3n) is 2.92. The summed E-state index contributed by atoms with van der Waals surface area (Å²) < 4.78 is 0. The van der Waals surface area contributed by atoms with Gasteiger partial charge in [-0.05, 0) is 24.2 Å². The molecule has 1 aliphatic carbocycles. The van der Waals surface area contributed by atoms with Crippen LogP contribution in [-0.4, -0.2) is 18.0 Å². The van der Waals surface area contributed by atoms with E-state index in [-0.39, 0.29) is 5.41 Å². The fourth-order valence-corrected chi connectivity index (χ4v) is 2.26. The van der Waals surface area contributed by atoms with Crippen LogP contribution in [0.2, 0.25) is 0 Å². The van der Waals surface area contributed by atoms with Crippen LogP contribution in [0.1, 0.15) is 32.6 Å². The fourth-order valence-electron chi connectivity index (χ4n) is 2.26. The van der Waals surface area contributed by atoms with Gasteiger partial charge in [0.25, 0.3) is 0 Å². The van der Waals surface area contributed by atoms with Crippen molar-refractivity contribution in [1.29, 1.82) is 0 Å². The van der Waals surface area contributed by atoms with Crippen LogP contribution in [0.5, 0.6) is 0 Å². The van der Waals surface area contributed by atoms with Crippen LogP contribution in [0.3, 0.4) is 0 Å². The van der Waals surface area contributed by atoms with Crippen LogP contribution in [0.4, 0.5) is 0 Å². The smallest absolute Gasteiger partial charge is 0.120 e. The number of carbonyl (C=O) groups is 1. The zero-order valence-corrected chi connectivity index (χ0v) is 7.55. The van der Waals surface area contributed by atoms with E-state index in [4.69, 9.17) is 5.21 Å². The molecule has 0 amide bonds. The molecule has 0 aromatic rings. The molecule has 0 unspecified atom stereocenters. The van der Waals surface area contributed by atoms with Gasteiger partial charge in [0, 0.05) is 13.0 Å². The summed E-state index contributed by atoms with van der Waals surface area (Å²) in [4.78, 5) is 10.4. The van der Waals surface area contributed by atoms with Crippen LogP contribution in [-0.2, 0) is 4.79 Å². The second kappa shape index (κ2) is 4.01. The Morgan fingerprint density at radius 2 is 2.50 bits per heavy atom. The topological polar surface area (TPSA) is 49.3 Å². The van der Waals surface area contributed by atoms with Crippen molar-refractivity contribution in [3.63, 3.8) is 0 Å². The summed E-state index contributed by atoms with van der Waals surface area (Å²) in [5, 5.41) is 8.64. The van der Waals surface area contributed by atoms with Crippen LogP contribution < -0.4 is 5.48 Å². The zero-order valence-electron chi connectivity index (χ0n) is 7.55. The van der Waals surface area contributed by atoms with E-state index in [0.717, 1.165) is 19.1 Å². The van der Waals surface area contributed by atoms with Crippen molar-refractivity contribution in [1.82, 2.24) is 5.48 Å². The van der Waals surface area contributed by atoms with Gasteiger partial charge in [-0.1, -0.05) is 13.3 Å². The average Bonchev–Trinajstić information content (AvgIpc) is 2.34. The van der Waals surface area contributed by atoms with Crippen molar-refractivity contribution in [2.75, 3.05) is 6.54 Å². The van der Waals surface area contributed by atoms with Crippen molar-refractivity contribution in [2.24, 2.45) is 11.3 Å². The molecule has 0 spiro atoms. The van der Waals surface area contributed by atoms with E-state index in [1.807, 2.05) is 0 Å². The molecule has 0 aromatic heterocycles. The number of aldehydes is 1. The number of nitrogens with one attached hydrogen (secondary N) is 1. The summed E-state index contributed by atoms with van der Waals surface area (Å²) in [5.74, 6) is 0.693. The van der Waals surface area contributed by atoms with Crippen molar-refractivity contribution in [3.8, 4) is 0 Å². The van der Waals surface area contributed by atoms with Crippen molar-refractivity contribution in [2.45, 2.75) is 32.6 Å². The lowest BCUT2D eigenvalue weighted by atomic mass is 9.82. The van der Waals surface area contributed by atoms with E-state index >= 15 is 0 Å². The molecule has 12 heavy (non-hydrogen) atoms. The van der Waals surface area contributed by atoms with E-state index in [9.17, 15) is 4.79 Å². The van der Waals surface area contributed by atoms with E-state index in [1.165, 1.54) is 6.42 Å². The Morgan fingerprint density at radius 1 is 1.75 bits per heavy atom. The largest absolute Gasteiger partial charge is 0.317 e. The summed E-state index contributed by atoms with van der Waals surface area (Å²) >= 11 is 0. The molecule has 0 bridgehead atoms. The summed E-state index contributed by atoms with van der Waals surface area (Å²) in [6, 6.07) is 0. The summed E-state index contributed by atoms with van der Waals surface area (Å²) in [5.41, 5.74) is 2.23. The standard InChI is InChI=1S/C9H17NO2/c1-8-2-3-9(6-8,4-5-11)7-10-12/h5,8,10,12H,2-4,6-7H2,1H3/t8-,9+/m0/s1. The highest BCUT2D eigenvalue weighted by Gasteiger charge is 2.36. The molecule has 1 fully saturated rings. The Hall–Kier alpha value is -0.410. The minimum absolute atomic E-state index is 0.0376. The van der Waals surface area contributed by atoms with Gasteiger partial charge in [-0.25, -0.2) is 5.48 Å². The molecular formula is C9H17NO2.